The smallest absolute Gasteiger partial charge is 0.370 e. The van der Waals surface area contributed by atoms with Crippen molar-refractivity contribution in [1.82, 2.24) is 19.1 Å². The molecule has 4 heterocycles. The molecule has 0 amide bonds. The molecule has 0 bridgehead atoms. The number of nitrogens with zero attached hydrogens (tertiary/aromatic N) is 2. The Hall–Kier alpha value is -2.71. The van der Waals surface area contributed by atoms with E-state index in [1.54, 1.807) is 13.8 Å². The van der Waals surface area contributed by atoms with Gasteiger partial charge in [-0.15, -0.1) is 0 Å². The van der Waals surface area contributed by atoms with Gasteiger partial charge in [0.05, 0.1) is 44.0 Å². The van der Waals surface area contributed by atoms with E-state index in [1.165, 1.54) is 35.4 Å². The molecule has 8 atom stereocenters. The maximum Gasteiger partial charge on any atom is 0.400 e. The van der Waals surface area contributed by atoms with Crippen LogP contribution in [0.3, 0.4) is 0 Å². The minimum atomic E-state index is -5.13. The van der Waals surface area contributed by atoms with Gasteiger partial charge in [-0.25, -0.2) is 9.59 Å². The highest BCUT2D eigenvalue weighted by atomic mass is 31.2. The van der Waals surface area contributed by atoms with E-state index in [4.69, 9.17) is 18.5 Å². The Morgan fingerprint density at radius 1 is 0.978 bits per heavy atom. The third-order valence-electron chi connectivity index (χ3n) is 9.33. The molecule has 5 rings (SSSR count). The Morgan fingerprint density at radius 3 is 2.26 bits per heavy atom. The fourth-order valence-corrected chi connectivity index (χ4v) is 8.44. The molecule has 0 spiro atoms. The van der Waals surface area contributed by atoms with Gasteiger partial charge in [0.1, 0.15) is 6.23 Å². The van der Waals surface area contributed by atoms with Crippen LogP contribution in [-0.4, -0.2) is 55.8 Å². The van der Waals surface area contributed by atoms with E-state index in [1.807, 2.05) is 6.92 Å². The summed E-state index contributed by atoms with van der Waals surface area (Å²) in [5, 5.41) is 0. The summed E-state index contributed by atoms with van der Waals surface area (Å²) >= 11 is 0. The number of H-pyrrole nitrogens is 2. The van der Waals surface area contributed by atoms with Crippen molar-refractivity contribution in [2.24, 2.45) is 17.8 Å². The number of alkyl halides is 2. The Balaban J connectivity index is 1.38. The summed E-state index contributed by atoms with van der Waals surface area (Å²) in [6.45, 7) is 7.90. The second-order valence-corrected chi connectivity index (χ2v) is 14.9. The monoisotopic (exact) mass is 672 g/mol. The second-order valence-electron chi connectivity index (χ2n) is 12.8. The molecule has 256 valence electrons. The predicted molar refractivity (Wildman–Crippen MR) is 163 cm³/mol. The third kappa shape index (κ3) is 6.94. The summed E-state index contributed by atoms with van der Waals surface area (Å²) in [6.07, 6.45) is 0.500. The van der Waals surface area contributed by atoms with Crippen molar-refractivity contribution in [2.45, 2.75) is 116 Å². The van der Waals surface area contributed by atoms with Crippen molar-refractivity contribution in [3.63, 3.8) is 0 Å². The zero-order chi connectivity index (χ0) is 33.6. The number of rotatable bonds is 13. The lowest BCUT2D eigenvalue weighted by atomic mass is 9.93. The van der Waals surface area contributed by atoms with Crippen molar-refractivity contribution in [1.29, 1.82) is 0 Å². The maximum atomic E-state index is 16.3. The fourth-order valence-electron chi connectivity index (χ4n) is 6.64. The van der Waals surface area contributed by atoms with Crippen LogP contribution in [0.5, 0.6) is 0 Å². The van der Waals surface area contributed by atoms with E-state index in [9.17, 15) is 23.7 Å². The number of nitrogens with one attached hydrogen (secondary N) is 2. The van der Waals surface area contributed by atoms with E-state index in [-0.39, 0.29) is 37.0 Å². The predicted octanol–water partition coefficient (Wildman–Crippen LogP) is 3.82. The average Bonchev–Trinajstić information content (AvgIpc) is 3.69. The van der Waals surface area contributed by atoms with Gasteiger partial charge in [-0.2, -0.15) is 8.78 Å². The van der Waals surface area contributed by atoms with Gasteiger partial charge in [0, 0.05) is 29.4 Å². The van der Waals surface area contributed by atoms with Crippen LogP contribution in [-0.2, 0) is 29.6 Å². The Morgan fingerprint density at radius 2 is 1.63 bits per heavy atom. The van der Waals surface area contributed by atoms with E-state index >= 15 is 8.78 Å². The Labute approximate surface area is 264 Å². The maximum absolute atomic E-state index is 16.3. The van der Waals surface area contributed by atoms with Gasteiger partial charge in [0.25, 0.3) is 11.1 Å². The standard InChI is InChI=1S/C30H43F2N4O9P/c1-6-8-21-25(18(5)23(43-21)15-35-13-16(3)26(37)33-28(35)39)45-46(41,42-7-2)30(31,32)12-22-20(19-9-10-19)11-24(44-22)36-14-17(4)27(38)34-29(36)40/h13-14,18-25H,6-12,15H2,1-5H3,(H,33,37,39)(H,34,38,40). The first kappa shape index (κ1) is 34.6. The number of aromatic amines is 2. The topological polar surface area (TPSA) is 164 Å². The van der Waals surface area contributed by atoms with Crippen molar-refractivity contribution in [2.75, 3.05) is 6.61 Å². The first-order valence-electron chi connectivity index (χ1n) is 15.9. The van der Waals surface area contributed by atoms with E-state index in [2.05, 4.69) is 9.97 Å². The molecule has 0 aromatic carbocycles. The summed E-state index contributed by atoms with van der Waals surface area (Å²) < 4.78 is 72.8. The lowest BCUT2D eigenvalue weighted by Gasteiger charge is -2.33. The van der Waals surface area contributed by atoms with E-state index < -0.39 is 78.7 Å². The summed E-state index contributed by atoms with van der Waals surface area (Å²) in [7, 11) is -5.13. The fraction of sp³-hybridized carbons (Fsp3) is 0.733. The molecule has 16 heteroatoms. The molecule has 2 aliphatic heterocycles. The highest BCUT2D eigenvalue weighted by Crippen LogP contribution is 2.67. The molecule has 2 aromatic rings. The highest BCUT2D eigenvalue weighted by Gasteiger charge is 2.60. The van der Waals surface area contributed by atoms with Crippen molar-refractivity contribution in [3.05, 3.63) is 65.2 Å². The minimum absolute atomic E-state index is 0.0248. The van der Waals surface area contributed by atoms with Crippen LogP contribution >= 0.6 is 7.60 Å². The van der Waals surface area contributed by atoms with Crippen molar-refractivity contribution >= 4 is 7.60 Å². The first-order chi connectivity index (χ1) is 21.7. The molecule has 8 unspecified atom stereocenters. The van der Waals surface area contributed by atoms with Crippen LogP contribution in [0.2, 0.25) is 0 Å². The molecule has 46 heavy (non-hydrogen) atoms. The number of hydrogen-bond donors (Lipinski definition) is 2. The van der Waals surface area contributed by atoms with Crippen LogP contribution in [0.15, 0.2) is 31.6 Å². The number of aryl methyl sites for hydroxylation is 2. The number of hydrogen-bond acceptors (Lipinski definition) is 9. The van der Waals surface area contributed by atoms with Crippen LogP contribution in [0.25, 0.3) is 0 Å². The van der Waals surface area contributed by atoms with Gasteiger partial charge in [0.15, 0.2) is 0 Å². The van der Waals surface area contributed by atoms with E-state index in [0.29, 0.717) is 18.4 Å². The average molecular weight is 673 g/mol. The van der Waals surface area contributed by atoms with Crippen molar-refractivity contribution < 1.29 is 31.9 Å². The molecule has 13 nitrogen and oxygen atoms in total. The van der Waals surface area contributed by atoms with E-state index in [0.717, 1.165) is 12.8 Å². The van der Waals surface area contributed by atoms with Gasteiger partial charge in [-0.05, 0) is 58.3 Å². The van der Waals surface area contributed by atoms with Gasteiger partial charge in [0.2, 0.25) is 0 Å². The largest absolute Gasteiger partial charge is 0.400 e. The zero-order valence-electron chi connectivity index (χ0n) is 26.7. The molecular weight excluding hydrogens is 629 g/mol. The minimum Gasteiger partial charge on any atom is -0.370 e. The van der Waals surface area contributed by atoms with Gasteiger partial charge >= 0.3 is 24.6 Å². The van der Waals surface area contributed by atoms with Crippen LogP contribution in [0, 0.1) is 31.6 Å². The van der Waals surface area contributed by atoms with Crippen LogP contribution < -0.4 is 22.5 Å². The number of aromatic nitrogens is 4. The summed E-state index contributed by atoms with van der Waals surface area (Å²) in [5.41, 5.74) is -5.72. The van der Waals surface area contributed by atoms with Gasteiger partial charge in [-0.3, -0.25) is 37.8 Å². The SMILES string of the molecule is CCCC1OC(Cn2cc(C)c(=O)[nH]c2=O)C(C)C1OP(=O)(OCC)C(F)(F)CC1OC(n2cc(C)c(=O)[nH]c2=O)CC1C1CC1. The molecule has 2 saturated heterocycles. The lowest BCUT2D eigenvalue weighted by Crippen LogP contribution is -2.37. The Bertz CT molecular complexity index is 1700. The highest BCUT2D eigenvalue weighted by molar-refractivity contribution is 7.55. The quantitative estimate of drug-likeness (QED) is 0.301. The second kappa shape index (κ2) is 13.4. The molecule has 2 aromatic heterocycles. The normalized spacial score (nSPS) is 29.7. The molecule has 1 saturated carbocycles. The lowest BCUT2D eigenvalue weighted by molar-refractivity contribution is -0.0664. The molecule has 1 aliphatic carbocycles. The van der Waals surface area contributed by atoms with Gasteiger partial charge < -0.3 is 14.0 Å². The summed E-state index contributed by atoms with van der Waals surface area (Å²) in [4.78, 5) is 53.2. The van der Waals surface area contributed by atoms with Crippen LogP contribution in [0.1, 0.15) is 76.7 Å². The first-order valence-corrected chi connectivity index (χ1v) is 17.5. The summed E-state index contributed by atoms with van der Waals surface area (Å²) in [6, 6.07) is 0. The van der Waals surface area contributed by atoms with Gasteiger partial charge in [-0.1, -0.05) is 20.3 Å². The summed E-state index contributed by atoms with van der Waals surface area (Å²) in [5.74, 6) is -0.771. The molecule has 3 fully saturated rings. The zero-order valence-corrected chi connectivity index (χ0v) is 27.6. The molecular formula is C30H43F2N4O9P. The number of ether oxygens (including phenoxy) is 2. The molecule has 0 radical (unpaired) electrons. The van der Waals surface area contributed by atoms with Crippen molar-refractivity contribution in [3.8, 4) is 0 Å². The molecule has 3 aliphatic rings. The third-order valence-corrected chi connectivity index (χ3v) is 11.4. The number of halogens is 2. The van der Waals surface area contributed by atoms with Crippen LogP contribution in [0.4, 0.5) is 8.78 Å². The Kier molecular flexibility index (Phi) is 10.1. The molecule has 2 N–H and O–H groups in total.